The van der Waals surface area contributed by atoms with Crippen LogP contribution in [0.25, 0.3) is 0 Å². The lowest BCUT2D eigenvalue weighted by Gasteiger charge is -2.35. The van der Waals surface area contributed by atoms with E-state index in [0.29, 0.717) is 23.4 Å². The van der Waals surface area contributed by atoms with Crippen molar-refractivity contribution >= 4 is 34.2 Å². The zero-order valence-electron chi connectivity index (χ0n) is 16.9. The van der Waals surface area contributed by atoms with Gasteiger partial charge >= 0.3 is 11.9 Å². The van der Waals surface area contributed by atoms with Crippen molar-refractivity contribution < 1.29 is 23.9 Å². The molecule has 1 saturated heterocycles. The number of ether oxygens (including phenoxy) is 2. The molecule has 2 atom stereocenters. The van der Waals surface area contributed by atoms with Gasteiger partial charge in [-0.2, -0.15) is 0 Å². The molecule has 1 amide bonds. The predicted molar refractivity (Wildman–Crippen MR) is 105 cm³/mol. The fraction of sp³-hybridized carbons (Fsp3) is 0.667. The topological polar surface area (TPSA) is 81.7 Å². The Labute approximate surface area is 169 Å². The largest absolute Gasteiger partial charge is 0.462 e. The van der Waals surface area contributed by atoms with Crippen molar-refractivity contribution in [3.8, 4) is 0 Å². The molecule has 28 heavy (non-hydrogen) atoms. The highest BCUT2D eigenvalue weighted by molar-refractivity contribution is 7.17. The van der Waals surface area contributed by atoms with Crippen molar-refractivity contribution in [1.82, 2.24) is 0 Å². The van der Waals surface area contributed by atoms with Crippen molar-refractivity contribution in [1.29, 1.82) is 0 Å². The fourth-order valence-corrected chi connectivity index (χ4v) is 6.30. The van der Waals surface area contributed by atoms with Crippen molar-refractivity contribution in [3.63, 3.8) is 0 Å². The summed E-state index contributed by atoms with van der Waals surface area (Å²) in [6.07, 6.45) is 4.95. The van der Waals surface area contributed by atoms with Gasteiger partial charge in [0, 0.05) is 10.3 Å². The Bertz CT molecular complexity index is 872. The van der Waals surface area contributed by atoms with Crippen LogP contribution in [0.5, 0.6) is 0 Å². The van der Waals surface area contributed by atoms with Gasteiger partial charge in [0.1, 0.15) is 5.00 Å². The van der Waals surface area contributed by atoms with Crippen LogP contribution in [0.3, 0.4) is 0 Å². The van der Waals surface area contributed by atoms with Crippen LogP contribution in [-0.2, 0) is 31.9 Å². The molecule has 3 aliphatic rings. The molecule has 1 N–H and O–H groups in total. The van der Waals surface area contributed by atoms with E-state index in [1.54, 1.807) is 6.92 Å². The third-order valence-corrected chi connectivity index (χ3v) is 8.54. The van der Waals surface area contributed by atoms with E-state index in [1.807, 2.05) is 20.8 Å². The maximum Gasteiger partial charge on any atom is 0.341 e. The highest BCUT2D eigenvalue weighted by Crippen LogP contribution is 2.65. The molecule has 6 nitrogen and oxygen atoms in total. The number of carbonyl (C=O) groups excluding carboxylic acids is 3. The molecule has 4 rings (SSSR count). The van der Waals surface area contributed by atoms with Gasteiger partial charge in [-0.1, -0.05) is 13.8 Å². The minimum absolute atomic E-state index is 0.282. The quantitative estimate of drug-likeness (QED) is 0.769. The molecule has 1 saturated carbocycles. The maximum atomic E-state index is 13.4. The van der Waals surface area contributed by atoms with Gasteiger partial charge in [-0.3, -0.25) is 9.59 Å². The number of fused-ring (bicyclic) bond motifs is 3. The number of nitrogens with one attached hydrogen (secondary N) is 1. The maximum absolute atomic E-state index is 13.4. The smallest absolute Gasteiger partial charge is 0.341 e. The molecule has 0 radical (unpaired) electrons. The summed E-state index contributed by atoms with van der Waals surface area (Å²) in [5, 5.41) is 3.49. The third-order valence-electron chi connectivity index (χ3n) is 7.33. The second-order valence-corrected chi connectivity index (χ2v) is 9.87. The first kappa shape index (κ1) is 19.4. The van der Waals surface area contributed by atoms with E-state index in [2.05, 4.69) is 5.32 Å². The zero-order chi connectivity index (χ0) is 20.3. The van der Waals surface area contributed by atoms with Crippen LogP contribution < -0.4 is 5.32 Å². The van der Waals surface area contributed by atoms with Crippen molar-refractivity contribution in [2.75, 3.05) is 11.9 Å². The van der Waals surface area contributed by atoms with Gasteiger partial charge < -0.3 is 14.8 Å². The first-order valence-corrected chi connectivity index (χ1v) is 10.9. The average molecular weight is 406 g/mol. The molecule has 2 unspecified atom stereocenters. The molecule has 1 aromatic rings. The molecule has 2 bridgehead atoms. The molecule has 2 fully saturated rings. The van der Waals surface area contributed by atoms with Gasteiger partial charge in [0.15, 0.2) is 5.60 Å². The number of carbonyl (C=O) groups is 3. The summed E-state index contributed by atoms with van der Waals surface area (Å²) in [7, 11) is 0. The van der Waals surface area contributed by atoms with Crippen LogP contribution >= 0.6 is 11.3 Å². The summed E-state index contributed by atoms with van der Waals surface area (Å²) in [6.45, 7) is 7.79. The highest BCUT2D eigenvalue weighted by atomic mass is 32.1. The molecule has 0 aromatic carbocycles. The second kappa shape index (κ2) is 6.31. The van der Waals surface area contributed by atoms with E-state index in [9.17, 15) is 14.4 Å². The number of aryl methyl sites for hydroxylation is 1. The fourth-order valence-electron chi connectivity index (χ4n) is 5.02. The number of thiophene rings is 1. The Morgan fingerprint density at radius 1 is 1.18 bits per heavy atom. The lowest BCUT2D eigenvalue weighted by molar-refractivity contribution is -0.165. The van der Waals surface area contributed by atoms with Crippen LogP contribution in [0.4, 0.5) is 5.00 Å². The Hall–Kier alpha value is -1.89. The Kier molecular flexibility index (Phi) is 4.38. The van der Waals surface area contributed by atoms with E-state index in [0.717, 1.165) is 36.1 Å². The summed E-state index contributed by atoms with van der Waals surface area (Å²) in [6, 6.07) is 0. The number of amides is 1. The van der Waals surface area contributed by atoms with E-state index >= 15 is 0 Å². The van der Waals surface area contributed by atoms with E-state index in [1.165, 1.54) is 11.3 Å². The molecule has 2 aliphatic carbocycles. The number of hydrogen-bond donors (Lipinski definition) is 1. The summed E-state index contributed by atoms with van der Waals surface area (Å²) in [5.74, 6) is -1.04. The van der Waals surface area contributed by atoms with Gasteiger partial charge in [-0.15, -0.1) is 11.3 Å². The van der Waals surface area contributed by atoms with E-state index < -0.39 is 22.4 Å². The van der Waals surface area contributed by atoms with Crippen LogP contribution in [0.1, 0.15) is 74.2 Å². The molecule has 7 heteroatoms. The van der Waals surface area contributed by atoms with Crippen LogP contribution in [0, 0.1) is 10.8 Å². The first-order chi connectivity index (χ1) is 13.2. The highest BCUT2D eigenvalue weighted by Gasteiger charge is 2.75. The molecule has 152 valence electrons. The van der Waals surface area contributed by atoms with Crippen LogP contribution in [-0.4, -0.2) is 30.1 Å². The minimum atomic E-state index is -1.20. The summed E-state index contributed by atoms with van der Waals surface area (Å²) >= 11 is 1.45. The molecular weight excluding hydrogens is 378 g/mol. The number of anilines is 1. The second-order valence-electron chi connectivity index (χ2n) is 8.76. The van der Waals surface area contributed by atoms with Gasteiger partial charge in [-0.25, -0.2) is 4.79 Å². The van der Waals surface area contributed by atoms with Gasteiger partial charge in [0.05, 0.1) is 17.6 Å². The Morgan fingerprint density at radius 2 is 1.89 bits per heavy atom. The molecule has 0 spiro atoms. The normalized spacial score (nSPS) is 29.9. The molecular formula is C21H27NO5S. The van der Waals surface area contributed by atoms with Crippen molar-refractivity contribution in [2.24, 2.45) is 10.8 Å². The summed E-state index contributed by atoms with van der Waals surface area (Å²) in [5.41, 5.74) is -1.00. The third kappa shape index (κ3) is 2.34. The van der Waals surface area contributed by atoms with Crippen LogP contribution in [0.2, 0.25) is 0 Å². The van der Waals surface area contributed by atoms with Crippen LogP contribution in [0.15, 0.2) is 0 Å². The van der Waals surface area contributed by atoms with Crippen molar-refractivity contribution in [2.45, 2.75) is 71.8 Å². The number of hydrogen-bond acceptors (Lipinski definition) is 6. The number of esters is 2. The SMILES string of the molecule is CCOC(=O)c1c(NC(=O)C23CCC(C)(C(=O)O2)C3(C)C)sc2c1CCCC2. The minimum Gasteiger partial charge on any atom is -0.462 e. The summed E-state index contributed by atoms with van der Waals surface area (Å²) in [4.78, 5) is 39.7. The number of rotatable bonds is 4. The molecule has 1 aromatic heterocycles. The standard InChI is InChI=1S/C21H27NO5S/c1-5-26-16(23)14-12-8-6-7-9-13(12)28-15(14)22-17(24)21-11-10-20(4,18(25)27-21)19(21,2)3/h5-11H2,1-4H3,(H,22,24). The lowest BCUT2D eigenvalue weighted by atomic mass is 9.66. The first-order valence-electron chi connectivity index (χ1n) is 10.0. The van der Waals surface area contributed by atoms with Gasteiger partial charge in [-0.05, 0) is 57.9 Å². The lowest BCUT2D eigenvalue weighted by Crippen LogP contribution is -2.50. The monoisotopic (exact) mass is 405 g/mol. The van der Waals surface area contributed by atoms with Crippen molar-refractivity contribution in [3.05, 3.63) is 16.0 Å². The Balaban J connectivity index is 1.70. The summed E-state index contributed by atoms with van der Waals surface area (Å²) < 4.78 is 11.0. The molecule has 1 aliphatic heterocycles. The molecule has 2 heterocycles. The van der Waals surface area contributed by atoms with Gasteiger partial charge in [0.2, 0.25) is 0 Å². The van der Waals surface area contributed by atoms with Gasteiger partial charge in [0.25, 0.3) is 5.91 Å². The average Bonchev–Trinajstić information content (AvgIpc) is 3.15. The van der Waals surface area contributed by atoms with E-state index in [-0.39, 0.29) is 18.5 Å². The zero-order valence-corrected chi connectivity index (χ0v) is 17.7. The van der Waals surface area contributed by atoms with E-state index in [4.69, 9.17) is 9.47 Å². The predicted octanol–water partition coefficient (Wildman–Crippen LogP) is 3.86. The Morgan fingerprint density at radius 3 is 2.50 bits per heavy atom.